The van der Waals surface area contributed by atoms with Crippen LogP contribution >= 0.6 is 12.2 Å². The van der Waals surface area contributed by atoms with E-state index in [2.05, 4.69) is 5.32 Å². The van der Waals surface area contributed by atoms with Crippen LogP contribution in [0.5, 0.6) is 0 Å². The molecule has 1 aliphatic rings. The Balaban J connectivity index is 2.11. The molecule has 4 nitrogen and oxygen atoms in total. The number of carbonyl (C=O) groups excluding carboxylic acids is 1. The Hall–Kier alpha value is -1.83. The number of halogens is 3. The number of amides is 2. The summed E-state index contributed by atoms with van der Waals surface area (Å²) in [5.74, 6) is 0. The monoisotopic (exact) mass is 317 g/mol. The summed E-state index contributed by atoms with van der Waals surface area (Å²) >= 11 is 4.89. The molecule has 0 aromatic heterocycles. The lowest BCUT2D eigenvalue weighted by Crippen LogP contribution is -2.44. The smallest absolute Gasteiger partial charge is 0.392 e. The zero-order valence-electron chi connectivity index (χ0n) is 11.0. The largest absolute Gasteiger partial charge is 0.416 e. The molecule has 2 rings (SSSR count). The number of thiocarbonyl (C=S) groups is 1. The highest BCUT2D eigenvalue weighted by molar-refractivity contribution is 7.80. The first-order chi connectivity index (χ1) is 9.79. The Bertz CT molecular complexity index is 562. The molecule has 1 aromatic rings. The number of benzene rings is 1. The Morgan fingerprint density at radius 3 is 2.76 bits per heavy atom. The van der Waals surface area contributed by atoms with Gasteiger partial charge in [-0.3, -0.25) is 0 Å². The number of urea groups is 1. The maximum absolute atomic E-state index is 12.6. The first-order valence-corrected chi connectivity index (χ1v) is 6.74. The van der Waals surface area contributed by atoms with Crippen molar-refractivity contribution in [1.29, 1.82) is 0 Å². The van der Waals surface area contributed by atoms with E-state index in [1.54, 1.807) is 0 Å². The van der Waals surface area contributed by atoms with Crippen molar-refractivity contribution in [3.05, 3.63) is 29.8 Å². The van der Waals surface area contributed by atoms with Gasteiger partial charge in [0.2, 0.25) is 0 Å². The summed E-state index contributed by atoms with van der Waals surface area (Å²) < 4.78 is 37.9. The summed E-state index contributed by atoms with van der Waals surface area (Å²) in [5.41, 5.74) is 4.84. The molecule has 1 saturated heterocycles. The van der Waals surface area contributed by atoms with Crippen molar-refractivity contribution >= 4 is 28.9 Å². The highest BCUT2D eigenvalue weighted by Crippen LogP contribution is 2.30. The van der Waals surface area contributed by atoms with Crippen molar-refractivity contribution in [2.75, 3.05) is 11.9 Å². The number of carbonyl (C=O) groups is 1. The van der Waals surface area contributed by atoms with E-state index in [4.69, 9.17) is 18.0 Å². The molecule has 1 heterocycles. The molecule has 1 unspecified atom stereocenters. The van der Waals surface area contributed by atoms with Crippen molar-refractivity contribution in [3.63, 3.8) is 0 Å². The third-order valence-electron chi connectivity index (χ3n) is 3.28. The van der Waals surface area contributed by atoms with Crippen LogP contribution in [0.4, 0.5) is 23.7 Å². The highest BCUT2D eigenvalue weighted by Gasteiger charge is 2.32. The van der Waals surface area contributed by atoms with Crippen LogP contribution in [0.1, 0.15) is 18.4 Å². The molecule has 0 bridgehead atoms. The maximum atomic E-state index is 12.6. The fourth-order valence-corrected chi connectivity index (χ4v) is 2.52. The van der Waals surface area contributed by atoms with E-state index < -0.39 is 17.8 Å². The minimum absolute atomic E-state index is 0.0865. The van der Waals surface area contributed by atoms with E-state index in [0.29, 0.717) is 13.0 Å². The molecule has 1 aliphatic heterocycles. The average Bonchev–Trinajstić information content (AvgIpc) is 2.87. The molecule has 0 aliphatic carbocycles. The molecule has 114 valence electrons. The summed E-state index contributed by atoms with van der Waals surface area (Å²) in [6.45, 7) is 0.479. The van der Waals surface area contributed by atoms with Gasteiger partial charge in [0, 0.05) is 12.2 Å². The quantitative estimate of drug-likeness (QED) is 0.825. The second kappa shape index (κ2) is 5.88. The van der Waals surface area contributed by atoms with E-state index in [1.807, 2.05) is 0 Å². The van der Waals surface area contributed by atoms with Gasteiger partial charge in [0.05, 0.1) is 16.6 Å². The van der Waals surface area contributed by atoms with E-state index in [-0.39, 0.29) is 16.7 Å². The lowest BCUT2D eigenvalue weighted by atomic mass is 10.2. The number of alkyl halides is 3. The first kappa shape index (κ1) is 15.6. The van der Waals surface area contributed by atoms with Crippen molar-refractivity contribution in [2.45, 2.75) is 25.1 Å². The Morgan fingerprint density at radius 1 is 1.43 bits per heavy atom. The van der Waals surface area contributed by atoms with E-state index in [9.17, 15) is 18.0 Å². The number of hydrogen-bond acceptors (Lipinski definition) is 2. The number of hydrogen-bond donors (Lipinski definition) is 2. The molecular weight excluding hydrogens is 303 g/mol. The van der Waals surface area contributed by atoms with Crippen LogP contribution in [0.3, 0.4) is 0 Å². The van der Waals surface area contributed by atoms with E-state index >= 15 is 0 Å². The normalized spacial score (nSPS) is 18.6. The van der Waals surface area contributed by atoms with Crippen molar-refractivity contribution in [2.24, 2.45) is 5.73 Å². The Kier molecular flexibility index (Phi) is 4.36. The van der Waals surface area contributed by atoms with Gasteiger partial charge in [-0.25, -0.2) is 4.79 Å². The van der Waals surface area contributed by atoms with Gasteiger partial charge in [-0.1, -0.05) is 18.3 Å². The van der Waals surface area contributed by atoms with Gasteiger partial charge < -0.3 is 16.0 Å². The molecule has 1 aromatic carbocycles. The standard InChI is InChI=1S/C13H14F3N3OS/c14-13(15,16)8-3-1-4-9(7-8)18-12(20)19-6-2-5-10(19)11(17)21/h1,3-4,7,10H,2,5-6H2,(H2,17,21)(H,18,20). The lowest BCUT2D eigenvalue weighted by Gasteiger charge is -2.24. The Morgan fingerprint density at radius 2 is 2.14 bits per heavy atom. The van der Waals surface area contributed by atoms with Gasteiger partial charge >= 0.3 is 12.2 Å². The number of nitrogens with two attached hydrogens (primary N) is 1. The molecule has 3 N–H and O–H groups in total. The van der Waals surface area contributed by atoms with E-state index in [1.165, 1.54) is 17.0 Å². The van der Waals surface area contributed by atoms with Crippen molar-refractivity contribution < 1.29 is 18.0 Å². The van der Waals surface area contributed by atoms with Crippen LogP contribution in [-0.4, -0.2) is 28.5 Å². The minimum atomic E-state index is -4.45. The van der Waals surface area contributed by atoms with Gasteiger partial charge in [-0.15, -0.1) is 0 Å². The van der Waals surface area contributed by atoms with Crippen LogP contribution in [-0.2, 0) is 6.18 Å². The third kappa shape index (κ3) is 3.63. The Labute approximate surface area is 125 Å². The van der Waals surface area contributed by atoms with Gasteiger partial charge in [-0.2, -0.15) is 13.2 Å². The molecule has 0 saturated carbocycles. The SMILES string of the molecule is NC(=S)C1CCCN1C(=O)Nc1cccc(C(F)(F)F)c1. The molecular formula is C13H14F3N3OS. The molecule has 1 atom stereocenters. The van der Waals surface area contributed by atoms with Crippen molar-refractivity contribution in [3.8, 4) is 0 Å². The van der Waals surface area contributed by atoms with Crippen LogP contribution in [0.2, 0.25) is 0 Å². The molecule has 2 amide bonds. The van der Waals surface area contributed by atoms with Crippen LogP contribution in [0.25, 0.3) is 0 Å². The van der Waals surface area contributed by atoms with Gasteiger partial charge in [-0.05, 0) is 31.0 Å². The van der Waals surface area contributed by atoms with Gasteiger partial charge in [0.1, 0.15) is 0 Å². The van der Waals surface area contributed by atoms with Crippen LogP contribution < -0.4 is 11.1 Å². The summed E-state index contributed by atoms with van der Waals surface area (Å²) in [6, 6.07) is 3.65. The number of nitrogens with zero attached hydrogens (tertiary/aromatic N) is 1. The average molecular weight is 317 g/mol. The fourth-order valence-electron chi connectivity index (χ4n) is 2.27. The zero-order valence-corrected chi connectivity index (χ0v) is 11.8. The highest BCUT2D eigenvalue weighted by atomic mass is 32.1. The second-order valence-corrected chi connectivity index (χ2v) is 5.23. The fraction of sp³-hybridized carbons (Fsp3) is 0.385. The minimum Gasteiger partial charge on any atom is -0.392 e. The zero-order chi connectivity index (χ0) is 15.6. The van der Waals surface area contributed by atoms with Crippen LogP contribution in [0.15, 0.2) is 24.3 Å². The summed E-state index contributed by atoms with van der Waals surface area (Å²) in [7, 11) is 0. The van der Waals surface area contributed by atoms with Gasteiger partial charge in [0.25, 0.3) is 0 Å². The topological polar surface area (TPSA) is 58.4 Å². The lowest BCUT2D eigenvalue weighted by molar-refractivity contribution is -0.137. The van der Waals surface area contributed by atoms with Gasteiger partial charge in [0.15, 0.2) is 0 Å². The maximum Gasteiger partial charge on any atom is 0.416 e. The number of rotatable bonds is 2. The summed E-state index contributed by atoms with van der Waals surface area (Å²) in [4.78, 5) is 13.8. The van der Waals surface area contributed by atoms with Crippen molar-refractivity contribution in [1.82, 2.24) is 4.90 Å². The second-order valence-electron chi connectivity index (χ2n) is 4.76. The molecule has 0 radical (unpaired) electrons. The molecule has 21 heavy (non-hydrogen) atoms. The predicted molar refractivity (Wildman–Crippen MR) is 77.0 cm³/mol. The summed E-state index contributed by atoms with van der Waals surface area (Å²) in [5, 5.41) is 2.45. The molecule has 8 heteroatoms. The molecule has 0 spiro atoms. The predicted octanol–water partition coefficient (Wildman–Crippen LogP) is 2.99. The third-order valence-corrected chi connectivity index (χ3v) is 3.56. The summed E-state index contributed by atoms with van der Waals surface area (Å²) in [6.07, 6.45) is -3.01. The molecule has 1 fully saturated rings. The van der Waals surface area contributed by atoms with E-state index in [0.717, 1.165) is 18.6 Å². The number of anilines is 1. The number of nitrogens with one attached hydrogen (secondary N) is 1. The first-order valence-electron chi connectivity index (χ1n) is 6.33. The van der Waals surface area contributed by atoms with Crippen LogP contribution in [0, 0.1) is 0 Å². The number of likely N-dealkylation sites (tertiary alicyclic amines) is 1.